The van der Waals surface area contributed by atoms with Crippen LogP contribution in [0.15, 0.2) is 24.3 Å². The standard InChI is InChI=1S/C16H25F3N2/c1-5-15(6-2,21(3)4)14(20)11-12-7-9-13(10-8-12)16(17,18)19/h7-10,14H,5-6,11,20H2,1-4H3. The van der Waals surface area contributed by atoms with Gasteiger partial charge >= 0.3 is 6.18 Å². The number of likely N-dealkylation sites (N-methyl/N-ethyl adjacent to an activating group) is 1. The Kier molecular flexibility index (Phi) is 5.82. The molecule has 0 heterocycles. The maximum Gasteiger partial charge on any atom is 0.416 e. The second kappa shape index (κ2) is 6.79. The molecule has 0 radical (unpaired) electrons. The van der Waals surface area contributed by atoms with Crippen molar-refractivity contribution < 1.29 is 13.2 Å². The fraction of sp³-hybridized carbons (Fsp3) is 0.625. The van der Waals surface area contributed by atoms with Gasteiger partial charge in [0.15, 0.2) is 0 Å². The van der Waals surface area contributed by atoms with Crippen LogP contribution in [0.2, 0.25) is 0 Å². The Balaban J connectivity index is 2.90. The van der Waals surface area contributed by atoms with E-state index in [9.17, 15) is 13.2 Å². The predicted molar refractivity (Wildman–Crippen MR) is 80.1 cm³/mol. The zero-order chi connectivity index (χ0) is 16.3. The van der Waals surface area contributed by atoms with Gasteiger partial charge in [0.05, 0.1) is 5.56 Å². The van der Waals surface area contributed by atoms with E-state index in [0.717, 1.165) is 30.5 Å². The van der Waals surface area contributed by atoms with Crippen LogP contribution in [0.5, 0.6) is 0 Å². The van der Waals surface area contributed by atoms with E-state index in [1.807, 2.05) is 14.1 Å². The van der Waals surface area contributed by atoms with Crippen LogP contribution in [0.3, 0.4) is 0 Å². The fourth-order valence-corrected chi connectivity index (χ4v) is 3.01. The van der Waals surface area contributed by atoms with Crippen LogP contribution < -0.4 is 5.73 Å². The van der Waals surface area contributed by atoms with Crippen LogP contribution in [0.4, 0.5) is 13.2 Å². The molecular weight excluding hydrogens is 277 g/mol. The Labute approximate surface area is 125 Å². The van der Waals surface area contributed by atoms with Crippen LogP contribution in [0.1, 0.15) is 37.8 Å². The molecule has 1 aromatic carbocycles. The monoisotopic (exact) mass is 302 g/mol. The molecule has 0 saturated carbocycles. The van der Waals surface area contributed by atoms with Crippen LogP contribution >= 0.6 is 0 Å². The SMILES string of the molecule is CCC(CC)(C(N)Cc1ccc(C(F)(F)F)cc1)N(C)C. The first-order valence-corrected chi connectivity index (χ1v) is 7.26. The summed E-state index contributed by atoms with van der Waals surface area (Å²) in [6.45, 7) is 4.19. The number of nitrogens with zero attached hydrogens (tertiary/aromatic N) is 1. The van der Waals surface area contributed by atoms with E-state index in [-0.39, 0.29) is 11.6 Å². The van der Waals surface area contributed by atoms with Crippen molar-refractivity contribution in [3.05, 3.63) is 35.4 Å². The summed E-state index contributed by atoms with van der Waals surface area (Å²) in [5.74, 6) is 0. The molecule has 1 atom stereocenters. The Morgan fingerprint density at radius 3 is 1.86 bits per heavy atom. The maximum absolute atomic E-state index is 12.6. The zero-order valence-electron chi connectivity index (χ0n) is 13.2. The molecule has 0 saturated heterocycles. The largest absolute Gasteiger partial charge is 0.416 e. The molecule has 1 rings (SSSR count). The molecule has 0 amide bonds. The normalized spacial score (nSPS) is 14.5. The zero-order valence-corrected chi connectivity index (χ0v) is 13.2. The number of hydrogen-bond acceptors (Lipinski definition) is 2. The lowest BCUT2D eigenvalue weighted by Gasteiger charge is -2.43. The number of hydrogen-bond donors (Lipinski definition) is 1. The number of rotatable bonds is 6. The third-order valence-corrected chi connectivity index (χ3v) is 4.54. The minimum atomic E-state index is -4.29. The number of halogens is 3. The summed E-state index contributed by atoms with van der Waals surface area (Å²) in [6, 6.07) is 5.16. The summed E-state index contributed by atoms with van der Waals surface area (Å²) in [7, 11) is 4.00. The first kappa shape index (κ1) is 18.0. The summed E-state index contributed by atoms with van der Waals surface area (Å²) >= 11 is 0. The van der Waals surface area contributed by atoms with Gasteiger partial charge in [0.25, 0.3) is 0 Å². The highest BCUT2D eigenvalue weighted by Gasteiger charge is 2.35. The topological polar surface area (TPSA) is 29.3 Å². The smallest absolute Gasteiger partial charge is 0.326 e. The Morgan fingerprint density at radius 2 is 1.52 bits per heavy atom. The Morgan fingerprint density at radius 1 is 1.05 bits per heavy atom. The van der Waals surface area contributed by atoms with Gasteiger partial charge in [-0.2, -0.15) is 13.2 Å². The van der Waals surface area contributed by atoms with Gasteiger partial charge in [-0.3, -0.25) is 0 Å². The molecule has 2 N–H and O–H groups in total. The van der Waals surface area contributed by atoms with Crippen LogP contribution in [0.25, 0.3) is 0 Å². The Bertz CT molecular complexity index is 434. The van der Waals surface area contributed by atoms with Crippen molar-refractivity contribution in [1.29, 1.82) is 0 Å². The van der Waals surface area contributed by atoms with E-state index in [2.05, 4.69) is 18.7 Å². The minimum absolute atomic E-state index is 0.126. The van der Waals surface area contributed by atoms with Gasteiger partial charge in [-0.15, -0.1) is 0 Å². The third kappa shape index (κ3) is 3.98. The molecule has 0 aliphatic rings. The molecular formula is C16H25F3N2. The summed E-state index contributed by atoms with van der Waals surface area (Å²) in [5, 5.41) is 0. The highest BCUT2D eigenvalue weighted by Crippen LogP contribution is 2.30. The summed E-state index contributed by atoms with van der Waals surface area (Å²) < 4.78 is 37.7. The van der Waals surface area contributed by atoms with E-state index in [1.54, 1.807) is 0 Å². The lowest BCUT2D eigenvalue weighted by Crippen LogP contribution is -2.57. The van der Waals surface area contributed by atoms with Gasteiger partial charge in [-0.1, -0.05) is 26.0 Å². The molecule has 120 valence electrons. The molecule has 0 aromatic heterocycles. The van der Waals surface area contributed by atoms with Crippen molar-refractivity contribution in [2.24, 2.45) is 5.73 Å². The lowest BCUT2D eigenvalue weighted by molar-refractivity contribution is -0.137. The highest BCUT2D eigenvalue weighted by molar-refractivity contribution is 5.25. The van der Waals surface area contributed by atoms with Gasteiger partial charge < -0.3 is 10.6 Å². The summed E-state index contributed by atoms with van der Waals surface area (Å²) in [4.78, 5) is 2.13. The molecule has 0 spiro atoms. The van der Waals surface area contributed by atoms with Gasteiger partial charge in [0, 0.05) is 11.6 Å². The van der Waals surface area contributed by atoms with Gasteiger partial charge in [-0.25, -0.2) is 0 Å². The van der Waals surface area contributed by atoms with Crippen molar-refractivity contribution in [3.8, 4) is 0 Å². The number of alkyl halides is 3. The third-order valence-electron chi connectivity index (χ3n) is 4.54. The molecule has 0 aliphatic carbocycles. The van der Waals surface area contributed by atoms with Crippen molar-refractivity contribution in [2.45, 2.75) is 50.9 Å². The first-order chi connectivity index (χ1) is 9.67. The molecule has 0 fully saturated rings. The molecule has 1 aromatic rings. The second-order valence-corrected chi connectivity index (χ2v) is 5.71. The maximum atomic E-state index is 12.6. The van der Waals surface area contributed by atoms with Gasteiger partial charge in [-0.05, 0) is 51.1 Å². The Hall–Kier alpha value is -1.07. The van der Waals surface area contributed by atoms with Crippen molar-refractivity contribution >= 4 is 0 Å². The van der Waals surface area contributed by atoms with Gasteiger partial charge in [0.2, 0.25) is 0 Å². The number of benzene rings is 1. The van der Waals surface area contributed by atoms with Crippen LogP contribution in [0, 0.1) is 0 Å². The minimum Gasteiger partial charge on any atom is -0.326 e. The fourth-order valence-electron chi connectivity index (χ4n) is 3.01. The van der Waals surface area contributed by atoms with Gasteiger partial charge in [0.1, 0.15) is 0 Å². The van der Waals surface area contributed by atoms with Crippen LogP contribution in [-0.2, 0) is 12.6 Å². The predicted octanol–water partition coefficient (Wildman–Crippen LogP) is 3.70. The molecule has 5 heteroatoms. The highest BCUT2D eigenvalue weighted by atomic mass is 19.4. The van der Waals surface area contributed by atoms with Crippen LogP contribution in [-0.4, -0.2) is 30.6 Å². The van der Waals surface area contributed by atoms with Crippen molar-refractivity contribution in [3.63, 3.8) is 0 Å². The molecule has 0 aliphatic heterocycles. The van der Waals surface area contributed by atoms with Crippen molar-refractivity contribution in [1.82, 2.24) is 4.90 Å². The summed E-state index contributed by atoms with van der Waals surface area (Å²) in [5.41, 5.74) is 6.45. The van der Waals surface area contributed by atoms with Crippen molar-refractivity contribution in [2.75, 3.05) is 14.1 Å². The van der Waals surface area contributed by atoms with E-state index in [4.69, 9.17) is 5.73 Å². The molecule has 1 unspecified atom stereocenters. The molecule has 0 bridgehead atoms. The quantitative estimate of drug-likeness (QED) is 0.868. The molecule has 21 heavy (non-hydrogen) atoms. The summed E-state index contributed by atoms with van der Waals surface area (Å²) in [6.07, 6.45) is -1.92. The second-order valence-electron chi connectivity index (χ2n) is 5.71. The average Bonchev–Trinajstić information content (AvgIpc) is 2.40. The first-order valence-electron chi connectivity index (χ1n) is 7.26. The van der Waals surface area contributed by atoms with E-state index in [1.165, 1.54) is 12.1 Å². The van der Waals surface area contributed by atoms with E-state index >= 15 is 0 Å². The average molecular weight is 302 g/mol. The van der Waals surface area contributed by atoms with E-state index in [0.29, 0.717) is 6.42 Å². The van der Waals surface area contributed by atoms with E-state index < -0.39 is 11.7 Å². The molecule has 2 nitrogen and oxygen atoms in total. The number of nitrogens with two attached hydrogens (primary N) is 1. The lowest BCUT2D eigenvalue weighted by atomic mass is 9.80.